The van der Waals surface area contributed by atoms with Gasteiger partial charge in [-0.2, -0.15) is 0 Å². The van der Waals surface area contributed by atoms with Crippen LogP contribution in [0.25, 0.3) is 10.9 Å². The van der Waals surface area contributed by atoms with Gasteiger partial charge in [-0.1, -0.05) is 12.1 Å². The molecule has 0 bridgehead atoms. The Labute approximate surface area is 196 Å². The molecule has 4 rings (SSSR count). The zero-order chi connectivity index (χ0) is 24.5. The summed E-state index contributed by atoms with van der Waals surface area (Å²) in [4.78, 5) is 19.6. The lowest BCUT2D eigenvalue weighted by Gasteiger charge is -2.09. The smallest absolute Gasteiger partial charge is 0.272 e. The number of carbonyl (C=O) groups excluding carboxylic acids is 1. The van der Waals surface area contributed by atoms with Gasteiger partial charge in [-0.25, -0.2) is 16.8 Å². The number of nitrogens with zero attached hydrogens (tertiary/aromatic N) is 1. The van der Waals surface area contributed by atoms with E-state index < -0.39 is 25.8 Å². The number of hydrogen-bond donors (Lipinski definition) is 3. The van der Waals surface area contributed by atoms with Crippen LogP contribution in [0.4, 0.5) is 11.4 Å². The highest BCUT2D eigenvalue weighted by Crippen LogP contribution is 2.26. The number of pyridine rings is 1. The van der Waals surface area contributed by atoms with Crippen molar-refractivity contribution in [3.8, 4) is 5.75 Å². The normalized spacial score (nSPS) is 11.8. The van der Waals surface area contributed by atoms with E-state index >= 15 is 0 Å². The molecule has 0 radical (unpaired) electrons. The Kier molecular flexibility index (Phi) is 6.02. The second-order valence-electron chi connectivity index (χ2n) is 7.41. The van der Waals surface area contributed by atoms with Crippen molar-refractivity contribution in [2.24, 2.45) is 0 Å². The maximum absolute atomic E-state index is 13.0. The number of hydrogen-bond acceptors (Lipinski definition) is 7. The van der Waals surface area contributed by atoms with Gasteiger partial charge >= 0.3 is 0 Å². The van der Waals surface area contributed by atoms with Crippen molar-refractivity contribution in [3.63, 3.8) is 0 Å². The summed E-state index contributed by atoms with van der Waals surface area (Å²) in [6.07, 6.45) is 3.67. The standard InChI is InChI=1S/C22H20N4O6S2/c1-32-17-11-19(13-23-12-17)34(30,31)18-5-3-4-15(9-18)24-22(27)21-8-14-6-7-16(10-20(14)25-21)26-33(2,28)29/h3-13,25-26H,1-2H3,(H,24,27). The third-order valence-electron chi connectivity index (χ3n) is 4.81. The zero-order valence-electron chi connectivity index (χ0n) is 18.1. The number of benzene rings is 2. The van der Waals surface area contributed by atoms with Gasteiger partial charge in [0, 0.05) is 28.9 Å². The molecule has 2 aromatic carbocycles. The number of amides is 1. The van der Waals surface area contributed by atoms with Gasteiger partial charge in [0.2, 0.25) is 19.9 Å². The minimum Gasteiger partial charge on any atom is -0.495 e. The highest BCUT2D eigenvalue weighted by atomic mass is 32.2. The number of fused-ring (bicyclic) bond motifs is 1. The van der Waals surface area contributed by atoms with Crippen LogP contribution in [0.1, 0.15) is 10.5 Å². The first kappa shape index (κ1) is 23.3. The maximum Gasteiger partial charge on any atom is 0.272 e. The molecular weight excluding hydrogens is 480 g/mol. The number of nitrogens with one attached hydrogen (secondary N) is 3. The average Bonchev–Trinajstić information content (AvgIpc) is 3.22. The fraction of sp³-hybridized carbons (Fsp3) is 0.0909. The Morgan fingerprint density at radius 1 is 0.941 bits per heavy atom. The fourth-order valence-corrected chi connectivity index (χ4v) is 5.10. The van der Waals surface area contributed by atoms with Gasteiger partial charge in [-0.15, -0.1) is 0 Å². The predicted molar refractivity (Wildman–Crippen MR) is 127 cm³/mol. The van der Waals surface area contributed by atoms with Gasteiger partial charge in [0.1, 0.15) is 11.4 Å². The van der Waals surface area contributed by atoms with Crippen LogP contribution in [0.2, 0.25) is 0 Å². The molecule has 0 aliphatic heterocycles. The van der Waals surface area contributed by atoms with Crippen LogP contribution in [0.3, 0.4) is 0 Å². The lowest BCUT2D eigenvalue weighted by molar-refractivity contribution is 0.102. The van der Waals surface area contributed by atoms with Crippen molar-refractivity contribution < 1.29 is 26.4 Å². The van der Waals surface area contributed by atoms with E-state index in [1.807, 2.05) is 0 Å². The third kappa shape index (κ3) is 5.02. The van der Waals surface area contributed by atoms with Gasteiger partial charge in [0.05, 0.1) is 35.0 Å². The van der Waals surface area contributed by atoms with Gasteiger partial charge < -0.3 is 15.0 Å². The number of aromatic nitrogens is 2. The van der Waals surface area contributed by atoms with Crippen LogP contribution in [0.5, 0.6) is 5.75 Å². The molecule has 1 amide bonds. The molecule has 0 saturated carbocycles. The molecule has 0 atom stereocenters. The zero-order valence-corrected chi connectivity index (χ0v) is 19.7. The highest BCUT2D eigenvalue weighted by Gasteiger charge is 2.20. The molecule has 2 heterocycles. The topological polar surface area (TPSA) is 147 Å². The number of aromatic amines is 1. The first-order valence-electron chi connectivity index (χ1n) is 9.81. The largest absolute Gasteiger partial charge is 0.495 e. The van der Waals surface area contributed by atoms with Crippen molar-refractivity contribution >= 4 is 48.0 Å². The molecule has 0 unspecified atom stereocenters. The average molecular weight is 501 g/mol. The molecule has 0 saturated heterocycles. The summed E-state index contributed by atoms with van der Waals surface area (Å²) in [5, 5.41) is 3.37. The predicted octanol–water partition coefficient (Wildman–Crippen LogP) is 3.03. The Hall–Kier alpha value is -3.90. The number of methoxy groups -OCH3 is 1. The summed E-state index contributed by atoms with van der Waals surface area (Å²) in [7, 11) is -5.92. The van der Waals surface area contributed by atoms with E-state index in [-0.39, 0.29) is 21.2 Å². The molecular formula is C22H20N4O6S2. The second kappa shape index (κ2) is 8.80. The Balaban J connectivity index is 1.58. The van der Waals surface area contributed by atoms with Crippen molar-refractivity contribution in [1.82, 2.24) is 9.97 Å². The molecule has 12 heteroatoms. The van der Waals surface area contributed by atoms with Crippen LogP contribution >= 0.6 is 0 Å². The number of rotatable bonds is 7. The molecule has 10 nitrogen and oxygen atoms in total. The summed E-state index contributed by atoms with van der Waals surface area (Å²) in [6.45, 7) is 0. The molecule has 34 heavy (non-hydrogen) atoms. The summed E-state index contributed by atoms with van der Waals surface area (Å²) in [5.41, 5.74) is 1.41. The molecule has 2 aromatic heterocycles. The van der Waals surface area contributed by atoms with Crippen molar-refractivity contribution in [1.29, 1.82) is 0 Å². The van der Waals surface area contributed by atoms with Gasteiger partial charge in [0.15, 0.2) is 0 Å². The molecule has 4 aromatic rings. The van der Waals surface area contributed by atoms with Crippen LogP contribution < -0.4 is 14.8 Å². The molecule has 0 fully saturated rings. The van der Waals surface area contributed by atoms with Crippen molar-refractivity contribution in [2.75, 3.05) is 23.4 Å². The van der Waals surface area contributed by atoms with E-state index in [9.17, 15) is 21.6 Å². The number of H-pyrrole nitrogens is 1. The minimum absolute atomic E-state index is 0.0199. The van der Waals surface area contributed by atoms with Gasteiger partial charge in [-0.3, -0.25) is 14.5 Å². The Morgan fingerprint density at radius 2 is 1.74 bits per heavy atom. The van der Waals surface area contributed by atoms with Gasteiger partial charge in [0.25, 0.3) is 5.91 Å². The van der Waals surface area contributed by atoms with E-state index in [4.69, 9.17) is 4.74 Å². The third-order valence-corrected chi connectivity index (χ3v) is 7.13. The van der Waals surface area contributed by atoms with E-state index in [2.05, 4.69) is 20.0 Å². The SMILES string of the molecule is COc1cncc(S(=O)(=O)c2cccc(NC(=O)c3cc4ccc(NS(C)(=O)=O)cc4[nH]3)c2)c1. The molecule has 0 aliphatic rings. The molecule has 0 aliphatic carbocycles. The van der Waals surface area contributed by atoms with E-state index in [1.165, 1.54) is 43.8 Å². The quantitative estimate of drug-likeness (QED) is 0.353. The van der Waals surface area contributed by atoms with Crippen molar-refractivity contribution in [2.45, 2.75) is 9.79 Å². The number of sulfonamides is 1. The monoisotopic (exact) mass is 500 g/mol. The number of carbonyl (C=O) groups is 1. The van der Waals surface area contributed by atoms with Crippen LogP contribution in [-0.2, 0) is 19.9 Å². The van der Waals surface area contributed by atoms with Gasteiger partial charge in [-0.05, 0) is 36.4 Å². The minimum atomic E-state index is -3.89. The number of anilines is 2. The van der Waals surface area contributed by atoms with Crippen LogP contribution in [0, 0.1) is 0 Å². The summed E-state index contributed by atoms with van der Waals surface area (Å²) in [6, 6.07) is 13.7. The van der Waals surface area contributed by atoms with E-state index in [1.54, 1.807) is 30.3 Å². The van der Waals surface area contributed by atoms with Crippen LogP contribution in [0.15, 0.2) is 76.8 Å². The summed E-state index contributed by atoms with van der Waals surface area (Å²) < 4.78 is 56.3. The maximum atomic E-state index is 13.0. The van der Waals surface area contributed by atoms with E-state index in [0.717, 1.165) is 6.26 Å². The Bertz CT molecular complexity index is 1610. The highest BCUT2D eigenvalue weighted by molar-refractivity contribution is 7.92. The Morgan fingerprint density at radius 3 is 2.47 bits per heavy atom. The first-order valence-corrected chi connectivity index (χ1v) is 13.2. The second-order valence-corrected chi connectivity index (χ2v) is 11.1. The number of ether oxygens (including phenoxy) is 1. The molecule has 0 spiro atoms. The number of sulfone groups is 1. The lowest BCUT2D eigenvalue weighted by atomic mass is 10.2. The summed E-state index contributed by atoms with van der Waals surface area (Å²) >= 11 is 0. The summed E-state index contributed by atoms with van der Waals surface area (Å²) in [5.74, 6) is -0.189. The first-order chi connectivity index (χ1) is 16.0. The van der Waals surface area contributed by atoms with E-state index in [0.29, 0.717) is 22.3 Å². The van der Waals surface area contributed by atoms with Crippen molar-refractivity contribution in [3.05, 3.63) is 72.7 Å². The molecule has 176 valence electrons. The lowest BCUT2D eigenvalue weighted by Crippen LogP contribution is -2.13. The fourth-order valence-electron chi connectivity index (χ4n) is 3.26. The molecule has 3 N–H and O–H groups in total. The van der Waals surface area contributed by atoms with Crippen LogP contribution in [-0.4, -0.2) is 46.1 Å².